The molecule has 6 nitrogen and oxygen atoms in total. The van der Waals surface area contributed by atoms with Gasteiger partial charge in [-0.1, -0.05) is 6.42 Å². The lowest BCUT2D eigenvalue weighted by Crippen LogP contribution is -2.21. The van der Waals surface area contributed by atoms with Gasteiger partial charge in [0.05, 0.1) is 25.4 Å². The van der Waals surface area contributed by atoms with Crippen molar-refractivity contribution in [2.24, 2.45) is 11.7 Å². The molecule has 0 aliphatic heterocycles. The van der Waals surface area contributed by atoms with E-state index in [1.54, 1.807) is 13.8 Å². The van der Waals surface area contributed by atoms with Gasteiger partial charge in [0.2, 0.25) is 0 Å². The van der Waals surface area contributed by atoms with E-state index in [0.717, 1.165) is 19.3 Å². The van der Waals surface area contributed by atoms with Crippen molar-refractivity contribution in [2.45, 2.75) is 59.2 Å². The van der Waals surface area contributed by atoms with E-state index < -0.39 is 13.9 Å². The quantitative estimate of drug-likeness (QED) is 0.438. The lowest BCUT2D eigenvalue weighted by Gasteiger charge is -2.27. The fraction of sp³-hybridized carbons (Fsp3) is 1.00. The van der Waals surface area contributed by atoms with Crippen molar-refractivity contribution in [1.29, 1.82) is 0 Å². The second-order valence-electron chi connectivity index (χ2n) is 5.43. The molecule has 122 valence electrons. The van der Waals surface area contributed by atoms with E-state index in [2.05, 4.69) is 0 Å². The average molecular weight is 310 g/mol. The maximum atomic E-state index is 11.5. The van der Waals surface area contributed by atoms with Gasteiger partial charge in [0.25, 0.3) is 7.82 Å². The van der Waals surface area contributed by atoms with Crippen molar-refractivity contribution in [3.8, 4) is 0 Å². The monoisotopic (exact) mass is 310 g/mol. The molecule has 2 atom stereocenters. The van der Waals surface area contributed by atoms with E-state index in [1.807, 2.05) is 13.8 Å². The zero-order chi connectivity index (χ0) is 15.6. The number of unbranched alkanes of at least 4 members (excludes halogenated alkanes) is 1. The summed E-state index contributed by atoms with van der Waals surface area (Å²) in [6, 6.07) is 0. The maximum absolute atomic E-state index is 11.5. The Morgan fingerprint density at radius 1 is 1.10 bits per heavy atom. The molecule has 0 radical (unpaired) electrons. The molecule has 0 saturated heterocycles. The third kappa shape index (κ3) is 11.8. The predicted molar refractivity (Wildman–Crippen MR) is 77.3 cm³/mol. The van der Waals surface area contributed by atoms with Crippen LogP contribution in [-0.2, 0) is 18.3 Å². The largest absolute Gasteiger partial charge is 0.756 e. The molecule has 0 heterocycles. The zero-order valence-corrected chi connectivity index (χ0v) is 13.9. The van der Waals surface area contributed by atoms with E-state index in [0.29, 0.717) is 13.2 Å². The number of ether oxygens (including phenoxy) is 1. The Labute approximate surface area is 122 Å². The van der Waals surface area contributed by atoms with E-state index >= 15 is 0 Å². The number of phosphoric acid groups is 1. The Morgan fingerprint density at radius 2 is 1.75 bits per heavy atom. The highest BCUT2D eigenvalue weighted by Crippen LogP contribution is 2.40. The molecule has 0 spiro atoms. The lowest BCUT2D eigenvalue weighted by molar-refractivity contribution is -0.229. The Balaban J connectivity index is 4.21. The van der Waals surface area contributed by atoms with E-state index in [-0.39, 0.29) is 18.6 Å². The lowest BCUT2D eigenvalue weighted by atomic mass is 10.0. The number of phosphoric ester groups is 1. The molecule has 0 amide bonds. The van der Waals surface area contributed by atoms with Crippen LogP contribution in [0.2, 0.25) is 0 Å². The Kier molecular flexibility index (Phi) is 10.7. The predicted octanol–water partition coefficient (Wildman–Crippen LogP) is 2.07. The van der Waals surface area contributed by atoms with Crippen molar-refractivity contribution in [3.05, 3.63) is 0 Å². The van der Waals surface area contributed by atoms with Gasteiger partial charge < -0.3 is 24.4 Å². The Bertz CT molecular complexity index is 286. The van der Waals surface area contributed by atoms with Gasteiger partial charge in [0, 0.05) is 5.92 Å². The minimum atomic E-state index is -4.22. The van der Waals surface area contributed by atoms with Crippen LogP contribution in [0.15, 0.2) is 0 Å². The molecular formula is C13H29NO5P-. The van der Waals surface area contributed by atoms with Crippen LogP contribution in [-0.4, -0.2) is 32.0 Å². The molecule has 2 N–H and O–H groups in total. The molecule has 20 heavy (non-hydrogen) atoms. The van der Waals surface area contributed by atoms with Gasteiger partial charge >= 0.3 is 0 Å². The van der Waals surface area contributed by atoms with Gasteiger partial charge in [0.1, 0.15) is 0 Å². The summed E-state index contributed by atoms with van der Waals surface area (Å²) < 4.78 is 26.8. The van der Waals surface area contributed by atoms with E-state index in [9.17, 15) is 9.46 Å². The molecule has 0 fully saturated rings. The van der Waals surface area contributed by atoms with Gasteiger partial charge in [-0.25, -0.2) is 0 Å². The molecule has 0 rings (SSSR count). The average Bonchev–Trinajstić information content (AvgIpc) is 2.30. The first-order chi connectivity index (χ1) is 9.26. The maximum Gasteiger partial charge on any atom is 0.268 e. The fourth-order valence-electron chi connectivity index (χ4n) is 1.61. The number of hydrogen-bond donors (Lipinski definition) is 1. The smallest absolute Gasteiger partial charge is 0.268 e. The van der Waals surface area contributed by atoms with Crippen molar-refractivity contribution in [3.63, 3.8) is 0 Å². The molecule has 0 aromatic rings. The van der Waals surface area contributed by atoms with Crippen LogP contribution in [0, 0.1) is 5.92 Å². The number of nitrogens with two attached hydrogens (primary N) is 1. The van der Waals surface area contributed by atoms with Crippen LogP contribution in [0.5, 0.6) is 0 Å². The second-order valence-corrected chi connectivity index (χ2v) is 6.79. The number of hydrogen-bond acceptors (Lipinski definition) is 6. The Hall–Kier alpha value is 0.0300. The van der Waals surface area contributed by atoms with Crippen LogP contribution < -0.4 is 10.6 Å². The summed E-state index contributed by atoms with van der Waals surface area (Å²) in [6.07, 6.45) is 2.36. The summed E-state index contributed by atoms with van der Waals surface area (Å²) in [5.74, 6) is 0.0296. The highest BCUT2D eigenvalue weighted by molar-refractivity contribution is 7.45. The van der Waals surface area contributed by atoms with Crippen LogP contribution >= 0.6 is 7.82 Å². The zero-order valence-electron chi connectivity index (χ0n) is 13.0. The van der Waals surface area contributed by atoms with Crippen molar-refractivity contribution < 1.29 is 23.2 Å². The first-order valence-electron chi connectivity index (χ1n) is 7.22. The SMILES string of the molecule is CC(C)OCC(CCCCN)COP(=O)([O-])OC(C)C. The van der Waals surface area contributed by atoms with Crippen LogP contribution in [0.4, 0.5) is 0 Å². The molecule has 0 aromatic heterocycles. The molecule has 0 aromatic carbocycles. The summed E-state index contributed by atoms with van der Waals surface area (Å²) in [4.78, 5) is 11.5. The molecule has 0 saturated carbocycles. The van der Waals surface area contributed by atoms with Crippen molar-refractivity contribution in [1.82, 2.24) is 0 Å². The van der Waals surface area contributed by atoms with Crippen molar-refractivity contribution in [2.75, 3.05) is 19.8 Å². The van der Waals surface area contributed by atoms with Crippen LogP contribution in [0.25, 0.3) is 0 Å². The van der Waals surface area contributed by atoms with Crippen LogP contribution in [0.1, 0.15) is 47.0 Å². The fourth-order valence-corrected chi connectivity index (χ4v) is 2.58. The van der Waals surface area contributed by atoms with Gasteiger partial charge in [-0.05, 0) is 47.1 Å². The van der Waals surface area contributed by atoms with E-state index in [4.69, 9.17) is 19.5 Å². The Morgan fingerprint density at radius 3 is 2.25 bits per heavy atom. The van der Waals surface area contributed by atoms with E-state index in [1.165, 1.54) is 0 Å². The summed E-state index contributed by atoms with van der Waals surface area (Å²) >= 11 is 0. The number of rotatable bonds is 12. The minimum Gasteiger partial charge on any atom is -0.756 e. The first-order valence-corrected chi connectivity index (χ1v) is 8.68. The molecule has 0 bridgehead atoms. The summed E-state index contributed by atoms with van der Waals surface area (Å²) in [5.41, 5.74) is 5.46. The molecular weight excluding hydrogens is 281 g/mol. The van der Waals surface area contributed by atoms with Crippen molar-refractivity contribution >= 4 is 7.82 Å². The third-order valence-electron chi connectivity index (χ3n) is 2.54. The highest BCUT2D eigenvalue weighted by Gasteiger charge is 2.17. The topological polar surface area (TPSA) is 93.8 Å². The summed E-state index contributed by atoms with van der Waals surface area (Å²) in [5, 5.41) is 0. The first kappa shape index (κ1) is 20.0. The summed E-state index contributed by atoms with van der Waals surface area (Å²) in [6.45, 7) is 8.38. The normalized spacial score (nSPS) is 16.6. The molecule has 0 aliphatic rings. The molecule has 0 aliphatic carbocycles. The van der Waals surface area contributed by atoms with Crippen LogP contribution in [0.3, 0.4) is 0 Å². The highest BCUT2D eigenvalue weighted by atomic mass is 31.2. The summed E-state index contributed by atoms with van der Waals surface area (Å²) in [7, 11) is -4.22. The molecule has 7 heteroatoms. The van der Waals surface area contributed by atoms with Gasteiger partial charge in [-0.15, -0.1) is 0 Å². The standard InChI is InChI=1S/C13H30NO5P/c1-11(2)17-9-13(7-5-6-8-14)10-18-20(15,16)19-12(3)4/h11-13H,5-10,14H2,1-4H3,(H,15,16)/p-1. The minimum absolute atomic E-state index is 0.0296. The third-order valence-corrected chi connectivity index (χ3v) is 3.69. The molecule has 2 unspecified atom stereocenters. The second kappa shape index (κ2) is 10.7. The van der Waals surface area contributed by atoms with Gasteiger partial charge in [0.15, 0.2) is 0 Å². The van der Waals surface area contributed by atoms with Gasteiger partial charge in [-0.3, -0.25) is 4.57 Å². The van der Waals surface area contributed by atoms with Gasteiger partial charge in [-0.2, -0.15) is 0 Å².